The zero-order valence-corrected chi connectivity index (χ0v) is 11.0. The van der Waals surface area contributed by atoms with E-state index in [9.17, 15) is 4.79 Å². The highest BCUT2D eigenvalue weighted by molar-refractivity contribution is 7.18. The lowest BCUT2D eigenvalue weighted by atomic mass is 10.1. The molecule has 4 nitrogen and oxygen atoms in total. The van der Waals surface area contributed by atoms with Crippen LogP contribution in [0.3, 0.4) is 0 Å². The lowest BCUT2D eigenvalue weighted by Crippen LogP contribution is -2.36. The summed E-state index contributed by atoms with van der Waals surface area (Å²) in [5.41, 5.74) is 6.44. The largest absolute Gasteiger partial charge is 0.397 e. The van der Waals surface area contributed by atoms with Crippen molar-refractivity contribution in [2.75, 3.05) is 30.8 Å². The van der Waals surface area contributed by atoms with Crippen LogP contribution in [-0.2, 0) is 4.74 Å². The molecule has 0 atom stereocenters. The van der Waals surface area contributed by atoms with Gasteiger partial charge in [-0.05, 0) is 18.9 Å². The molecule has 0 aliphatic carbocycles. The van der Waals surface area contributed by atoms with E-state index in [-0.39, 0.29) is 5.78 Å². The topological polar surface area (TPSA) is 55.6 Å². The van der Waals surface area contributed by atoms with E-state index in [0.717, 1.165) is 30.9 Å². The van der Waals surface area contributed by atoms with Crippen molar-refractivity contribution >= 4 is 27.8 Å². The zero-order chi connectivity index (χ0) is 12.4. The molecule has 0 unspecified atom stereocenters. The molecule has 1 aliphatic heterocycles. The van der Waals surface area contributed by atoms with E-state index >= 15 is 0 Å². The highest BCUT2D eigenvalue weighted by Crippen LogP contribution is 2.34. The molecule has 0 amide bonds. The quantitative estimate of drug-likeness (QED) is 0.840. The van der Waals surface area contributed by atoms with E-state index in [0.29, 0.717) is 16.7 Å². The minimum absolute atomic E-state index is 0.0468. The Morgan fingerprint density at radius 3 is 2.65 bits per heavy atom. The molecule has 17 heavy (non-hydrogen) atoms. The van der Waals surface area contributed by atoms with Crippen molar-refractivity contribution < 1.29 is 9.53 Å². The van der Waals surface area contributed by atoms with E-state index in [2.05, 4.69) is 4.90 Å². The van der Waals surface area contributed by atoms with E-state index in [4.69, 9.17) is 10.5 Å². The Labute approximate surface area is 105 Å². The van der Waals surface area contributed by atoms with Gasteiger partial charge < -0.3 is 15.4 Å². The van der Waals surface area contributed by atoms with Crippen LogP contribution in [0.15, 0.2) is 6.07 Å². The van der Waals surface area contributed by atoms with Crippen molar-refractivity contribution in [2.24, 2.45) is 0 Å². The molecule has 2 N–H and O–H groups in total. The number of rotatable bonds is 3. The van der Waals surface area contributed by atoms with Crippen LogP contribution in [0.5, 0.6) is 0 Å². The van der Waals surface area contributed by atoms with Crippen LogP contribution in [0.2, 0.25) is 0 Å². The maximum absolute atomic E-state index is 11.4. The molecular weight excluding hydrogens is 236 g/mol. The second-order valence-electron chi connectivity index (χ2n) is 4.35. The van der Waals surface area contributed by atoms with Crippen molar-refractivity contribution in [2.45, 2.75) is 25.9 Å². The number of methoxy groups -OCH3 is 1. The van der Waals surface area contributed by atoms with E-state index < -0.39 is 0 Å². The number of anilines is 2. The first-order chi connectivity index (χ1) is 8.11. The second kappa shape index (κ2) is 5.06. The third kappa shape index (κ3) is 2.61. The first kappa shape index (κ1) is 12.4. The Kier molecular flexibility index (Phi) is 3.69. The van der Waals surface area contributed by atoms with Gasteiger partial charge in [0.15, 0.2) is 5.78 Å². The fourth-order valence-corrected chi connectivity index (χ4v) is 3.16. The molecule has 0 spiro atoms. The predicted molar refractivity (Wildman–Crippen MR) is 71.0 cm³/mol. The summed E-state index contributed by atoms with van der Waals surface area (Å²) in [6, 6.07) is 1.91. The number of nitrogen functional groups attached to an aromatic ring is 1. The summed E-state index contributed by atoms with van der Waals surface area (Å²) in [7, 11) is 1.76. The number of ketones is 1. The van der Waals surface area contributed by atoms with Gasteiger partial charge in [0.25, 0.3) is 0 Å². The summed E-state index contributed by atoms with van der Waals surface area (Å²) in [5, 5.41) is 1.10. The van der Waals surface area contributed by atoms with Crippen LogP contribution < -0.4 is 10.6 Å². The molecule has 1 saturated heterocycles. The van der Waals surface area contributed by atoms with E-state index in [1.54, 1.807) is 14.0 Å². The summed E-state index contributed by atoms with van der Waals surface area (Å²) in [6.45, 7) is 3.49. The van der Waals surface area contributed by atoms with Crippen molar-refractivity contribution in [1.29, 1.82) is 0 Å². The number of piperidine rings is 1. The molecule has 0 aromatic carbocycles. The Morgan fingerprint density at radius 2 is 2.18 bits per heavy atom. The van der Waals surface area contributed by atoms with E-state index in [1.165, 1.54) is 11.3 Å². The standard InChI is InChI=1S/C12H18N2O2S/c1-8(15)12-10(13)7-11(17-12)14-5-3-9(16-2)4-6-14/h7,9H,3-6,13H2,1-2H3. The lowest BCUT2D eigenvalue weighted by molar-refractivity contribution is 0.0820. The molecule has 1 aliphatic rings. The highest BCUT2D eigenvalue weighted by Gasteiger charge is 2.21. The predicted octanol–water partition coefficient (Wildman–Crippen LogP) is 2.15. The number of nitrogens with zero attached hydrogens (tertiary/aromatic N) is 1. The van der Waals surface area contributed by atoms with Gasteiger partial charge in [-0.3, -0.25) is 4.79 Å². The Balaban J connectivity index is 2.08. The first-order valence-corrected chi connectivity index (χ1v) is 6.61. The van der Waals surface area contributed by atoms with Crippen molar-refractivity contribution in [3.63, 3.8) is 0 Å². The van der Waals surface area contributed by atoms with Crippen molar-refractivity contribution in [1.82, 2.24) is 0 Å². The summed E-state index contributed by atoms with van der Waals surface area (Å²) in [6.07, 6.45) is 2.43. The Hall–Kier alpha value is -1.07. The molecular formula is C12H18N2O2S. The monoisotopic (exact) mass is 254 g/mol. The fourth-order valence-electron chi connectivity index (χ4n) is 2.13. The molecule has 94 valence electrons. The van der Waals surface area contributed by atoms with Gasteiger partial charge in [0, 0.05) is 27.1 Å². The molecule has 2 heterocycles. The number of thiophene rings is 1. The van der Waals surface area contributed by atoms with Crippen LogP contribution in [0, 0.1) is 0 Å². The number of hydrogen-bond donors (Lipinski definition) is 1. The molecule has 1 fully saturated rings. The summed E-state index contributed by atoms with van der Waals surface area (Å²) in [5.74, 6) is 0.0468. The number of Topliss-reactive ketones (excluding diaryl/α,β-unsaturated/α-hetero) is 1. The molecule has 5 heteroatoms. The van der Waals surface area contributed by atoms with Crippen LogP contribution in [0.4, 0.5) is 10.7 Å². The third-order valence-electron chi connectivity index (χ3n) is 3.15. The van der Waals surface area contributed by atoms with Crippen LogP contribution in [0.25, 0.3) is 0 Å². The number of carbonyl (C=O) groups excluding carboxylic acids is 1. The van der Waals surface area contributed by atoms with Gasteiger partial charge in [-0.15, -0.1) is 11.3 Å². The lowest BCUT2D eigenvalue weighted by Gasteiger charge is -2.31. The van der Waals surface area contributed by atoms with Gasteiger partial charge in [0.2, 0.25) is 0 Å². The SMILES string of the molecule is COC1CCN(c2cc(N)c(C(C)=O)s2)CC1. The second-order valence-corrected chi connectivity index (χ2v) is 5.38. The third-order valence-corrected chi connectivity index (χ3v) is 4.47. The van der Waals surface area contributed by atoms with Gasteiger partial charge in [-0.1, -0.05) is 0 Å². The molecule has 1 aromatic heterocycles. The highest BCUT2D eigenvalue weighted by atomic mass is 32.1. The van der Waals surface area contributed by atoms with E-state index in [1.807, 2.05) is 6.07 Å². The maximum Gasteiger partial charge on any atom is 0.171 e. The van der Waals surface area contributed by atoms with Gasteiger partial charge >= 0.3 is 0 Å². The van der Waals surface area contributed by atoms with Crippen LogP contribution in [0.1, 0.15) is 29.4 Å². The first-order valence-electron chi connectivity index (χ1n) is 5.79. The molecule has 1 aromatic rings. The summed E-state index contributed by atoms with van der Waals surface area (Å²) >= 11 is 1.49. The summed E-state index contributed by atoms with van der Waals surface area (Å²) < 4.78 is 5.34. The van der Waals surface area contributed by atoms with Gasteiger partial charge in [0.1, 0.15) is 0 Å². The van der Waals surface area contributed by atoms with Gasteiger partial charge in [0.05, 0.1) is 21.7 Å². The van der Waals surface area contributed by atoms with Crippen LogP contribution in [-0.4, -0.2) is 32.1 Å². The van der Waals surface area contributed by atoms with Crippen LogP contribution >= 0.6 is 11.3 Å². The minimum Gasteiger partial charge on any atom is -0.397 e. The number of carbonyl (C=O) groups is 1. The molecule has 0 saturated carbocycles. The fraction of sp³-hybridized carbons (Fsp3) is 0.583. The normalized spacial score (nSPS) is 17.4. The average molecular weight is 254 g/mol. The smallest absolute Gasteiger partial charge is 0.171 e. The average Bonchev–Trinajstić information content (AvgIpc) is 2.71. The Morgan fingerprint density at radius 1 is 1.53 bits per heavy atom. The molecule has 2 rings (SSSR count). The minimum atomic E-state index is 0.0468. The van der Waals surface area contributed by atoms with Crippen molar-refractivity contribution in [3.05, 3.63) is 10.9 Å². The van der Waals surface area contributed by atoms with Crippen molar-refractivity contribution in [3.8, 4) is 0 Å². The van der Waals surface area contributed by atoms with Gasteiger partial charge in [-0.2, -0.15) is 0 Å². The Bertz CT molecular complexity index is 409. The van der Waals surface area contributed by atoms with Gasteiger partial charge in [-0.25, -0.2) is 0 Å². The molecule has 0 radical (unpaired) electrons. The maximum atomic E-state index is 11.4. The number of hydrogen-bond acceptors (Lipinski definition) is 5. The summed E-state index contributed by atoms with van der Waals surface area (Å²) in [4.78, 5) is 14.3. The zero-order valence-electron chi connectivity index (χ0n) is 10.2. The number of ether oxygens (including phenoxy) is 1. The number of nitrogens with two attached hydrogens (primary N) is 1. The molecule has 0 bridgehead atoms.